The van der Waals surface area contributed by atoms with Gasteiger partial charge in [-0.1, -0.05) is 59.9 Å². The Labute approximate surface area is 232 Å². The number of thiazole rings is 1. The Morgan fingerprint density at radius 2 is 1.77 bits per heavy atom. The number of benzene rings is 3. The van der Waals surface area contributed by atoms with Crippen molar-refractivity contribution in [2.24, 2.45) is 0 Å². The number of carbonyl (C=O) groups excluding carboxylic acids is 2. The number of amides is 1. The van der Waals surface area contributed by atoms with Crippen LogP contribution in [0.15, 0.2) is 102 Å². The summed E-state index contributed by atoms with van der Waals surface area (Å²) in [6.45, 7) is 0.409. The van der Waals surface area contributed by atoms with E-state index >= 15 is 0 Å². The molecule has 3 heterocycles. The molecule has 0 saturated heterocycles. The van der Waals surface area contributed by atoms with Crippen molar-refractivity contribution in [3.63, 3.8) is 0 Å². The van der Waals surface area contributed by atoms with Crippen molar-refractivity contribution in [3.8, 4) is 11.5 Å². The minimum Gasteiger partial charge on any atom is -0.503 e. The van der Waals surface area contributed by atoms with E-state index in [1.165, 1.54) is 27.6 Å². The molecule has 39 heavy (non-hydrogen) atoms. The summed E-state index contributed by atoms with van der Waals surface area (Å²) in [6.07, 6.45) is 0. The number of ketones is 1. The highest BCUT2D eigenvalue weighted by Gasteiger charge is 2.46. The van der Waals surface area contributed by atoms with E-state index in [1.54, 1.807) is 42.8 Å². The standard InChI is InChI=1S/C30H22N2O5S2/c1-36-21-13-14-22-24(16-21)39-30(31-22)32-26(25(28(34)29(32)35)27(33)23-8-5-15-38-23)19-9-11-20(12-10-19)37-17-18-6-3-2-4-7-18/h2-16,26,34H,17H2,1H3. The van der Waals surface area contributed by atoms with Gasteiger partial charge in [-0.15, -0.1) is 11.3 Å². The lowest BCUT2D eigenvalue weighted by molar-refractivity contribution is -0.117. The summed E-state index contributed by atoms with van der Waals surface area (Å²) in [5.41, 5.74) is 2.40. The van der Waals surface area contributed by atoms with Gasteiger partial charge in [0.25, 0.3) is 5.91 Å². The highest BCUT2D eigenvalue weighted by atomic mass is 32.1. The molecule has 0 radical (unpaired) electrons. The van der Waals surface area contributed by atoms with Crippen LogP contribution in [-0.4, -0.2) is 28.9 Å². The van der Waals surface area contributed by atoms with E-state index in [0.717, 1.165) is 10.3 Å². The third-order valence-electron chi connectivity index (χ3n) is 6.43. The van der Waals surface area contributed by atoms with Gasteiger partial charge in [0, 0.05) is 0 Å². The number of rotatable bonds is 8. The maximum atomic E-state index is 13.6. The van der Waals surface area contributed by atoms with E-state index in [4.69, 9.17) is 9.47 Å². The van der Waals surface area contributed by atoms with Gasteiger partial charge >= 0.3 is 0 Å². The number of aromatic nitrogens is 1. The predicted molar refractivity (Wildman–Crippen MR) is 152 cm³/mol. The second kappa shape index (κ2) is 10.4. The first-order valence-electron chi connectivity index (χ1n) is 12.1. The van der Waals surface area contributed by atoms with E-state index in [2.05, 4.69) is 4.98 Å². The molecule has 1 aliphatic rings. The zero-order valence-corrected chi connectivity index (χ0v) is 22.4. The number of aliphatic hydroxyl groups excluding tert-OH is 1. The molecule has 3 aromatic carbocycles. The van der Waals surface area contributed by atoms with E-state index in [9.17, 15) is 14.7 Å². The van der Waals surface area contributed by atoms with Gasteiger partial charge in [0.15, 0.2) is 10.9 Å². The number of anilines is 1. The molecule has 1 atom stereocenters. The van der Waals surface area contributed by atoms with Gasteiger partial charge in [-0.2, -0.15) is 0 Å². The molecule has 2 aromatic heterocycles. The SMILES string of the molecule is COc1ccc2nc(N3C(=O)C(O)=C(C(=O)c4cccs4)C3c3ccc(OCc4ccccc4)cc3)sc2c1. The average molecular weight is 555 g/mol. The van der Waals surface area contributed by atoms with Crippen LogP contribution in [0.25, 0.3) is 10.2 Å². The monoisotopic (exact) mass is 554 g/mol. The summed E-state index contributed by atoms with van der Waals surface area (Å²) in [5.74, 6) is -0.321. The first kappa shape index (κ1) is 24.8. The number of carbonyl (C=O) groups is 2. The normalized spacial score (nSPS) is 15.3. The first-order valence-corrected chi connectivity index (χ1v) is 13.8. The van der Waals surface area contributed by atoms with Crippen LogP contribution in [0.1, 0.15) is 26.8 Å². The second-order valence-corrected chi connectivity index (χ2v) is 10.8. The number of hydrogen-bond donors (Lipinski definition) is 1. The third kappa shape index (κ3) is 4.67. The van der Waals surface area contributed by atoms with Crippen LogP contribution in [0, 0.1) is 0 Å². The van der Waals surface area contributed by atoms with Crippen molar-refractivity contribution in [3.05, 3.63) is 118 Å². The van der Waals surface area contributed by atoms with E-state index in [0.29, 0.717) is 39.2 Å². The first-order chi connectivity index (χ1) is 19.0. The van der Waals surface area contributed by atoms with Crippen molar-refractivity contribution < 1.29 is 24.2 Å². The van der Waals surface area contributed by atoms with Crippen LogP contribution in [0.3, 0.4) is 0 Å². The van der Waals surface area contributed by atoms with Gasteiger partial charge in [0.05, 0.1) is 33.8 Å². The molecule has 1 amide bonds. The molecule has 6 rings (SSSR count). The second-order valence-electron chi connectivity index (χ2n) is 8.82. The number of thiophene rings is 1. The fourth-order valence-corrected chi connectivity index (χ4v) is 6.20. The molecule has 0 fully saturated rings. The lowest BCUT2D eigenvalue weighted by Gasteiger charge is -2.24. The molecule has 0 spiro atoms. The quantitative estimate of drug-likeness (QED) is 0.214. The summed E-state index contributed by atoms with van der Waals surface area (Å²) in [4.78, 5) is 33.5. The van der Waals surface area contributed by atoms with E-state index < -0.39 is 23.5 Å². The molecule has 5 aromatic rings. The Bertz CT molecular complexity index is 1690. The largest absolute Gasteiger partial charge is 0.503 e. The summed E-state index contributed by atoms with van der Waals surface area (Å²) in [5, 5.41) is 13.2. The number of fused-ring (bicyclic) bond motifs is 1. The number of Topliss-reactive ketones (excluding diaryl/α,β-unsaturated/α-hetero) is 1. The molecule has 1 aliphatic heterocycles. The maximum absolute atomic E-state index is 13.6. The molecule has 194 valence electrons. The third-order valence-corrected chi connectivity index (χ3v) is 8.32. The van der Waals surface area contributed by atoms with E-state index in [1.807, 2.05) is 54.6 Å². The van der Waals surface area contributed by atoms with Crippen molar-refractivity contribution in [1.29, 1.82) is 0 Å². The molecule has 0 aliphatic carbocycles. The van der Waals surface area contributed by atoms with Crippen molar-refractivity contribution in [2.45, 2.75) is 12.6 Å². The molecule has 0 bridgehead atoms. The molecule has 7 nitrogen and oxygen atoms in total. The fraction of sp³-hybridized carbons (Fsp3) is 0.100. The van der Waals surface area contributed by atoms with Gasteiger partial charge in [-0.3, -0.25) is 14.5 Å². The van der Waals surface area contributed by atoms with Gasteiger partial charge in [0.2, 0.25) is 5.78 Å². The van der Waals surface area contributed by atoms with Gasteiger partial charge in [-0.25, -0.2) is 4.98 Å². The summed E-state index contributed by atoms with van der Waals surface area (Å²) >= 11 is 2.55. The minimum absolute atomic E-state index is 0.0252. The Morgan fingerprint density at radius 1 is 1.00 bits per heavy atom. The molecular weight excluding hydrogens is 532 g/mol. The molecule has 0 saturated carbocycles. The maximum Gasteiger partial charge on any atom is 0.296 e. The van der Waals surface area contributed by atoms with Gasteiger partial charge in [-0.05, 0) is 52.9 Å². The lowest BCUT2D eigenvalue weighted by Crippen LogP contribution is -2.30. The fourth-order valence-electron chi connectivity index (χ4n) is 4.50. The van der Waals surface area contributed by atoms with Crippen molar-refractivity contribution in [2.75, 3.05) is 12.0 Å². The lowest BCUT2D eigenvalue weighted by atomic mass is 9.95. The zero-order chi connectivity index (χ0) is 26.9. The summed E-state index contributed by atoms with van der Waals surface area (Å²) < 4.78 is 12.1. The minimum atomic E-state index is -0.863. The Morgan fingerprint density at radius 3 is 2.49 bits per heavy atom. The topological polar surface area (TPSA) is 89.0 Å². The number of methoxy groups -OCH3 is 1. The van der Waals surface area contributed by atoms with Crippen LogP contribution in [0.5, 0.6) is 11.5 Å². The van der Waals surface area contributed by atoms with Crippen LogP contribution in [-0.2, 0) is 11.4 Å². The van der Waals surface area contributed by atoms with Crippen molar-refractivity contribution in [1.82, 2.24) is 4.98 Å². The molecule has 1 unspecified atom stereocenters. The van der Waals surface area contributed by atoms with E-state index in [-0.39, 0.29) is 5.57 Å². The van der Waals surface area contributed by atoms with Gasteiger partial charge < -0.3 is 14.6 Å². The van der Waals surface area contributed by atoms with Crippen LogP contribution in [0.2, 0.25) is 0 Å². The van der Waals surface area contributed by atoms with Gasteiger partial charge in [0.1, 0.15) is 18.1 Å². The Balaban J connectivity index is 1.38. The highest BCUT2D eigenvalue weighted by Crippen LogP contribution is 2.45. The summed E-state index contributed by atoms with van der Waals surface area (Å²) in [7, 11) is 1.58. The van der Waals surface area contributed by atoms with Crippen molar-refractivity contribution >= 4 is 49.7 Å². The van der Waals surface area contributed by atoms with Crippen LogP contribution in [0.4, 0.5) is 5.13 Å². The number of hydrogen-bond acceptors (Lipinski definition) is 8. The smallest absolute Gasteiger partial charge is 0.296 e. The highest BCUT2D eigenvalue weighted by molar-refractivity contribution is 7.22. The molecular formula is C30H22N2O5S2. The summed E-state index contributed by atoms with van der Waals surface area (Å²) in [6, 6.07) is 25.1. The van der Waals surface area contributed by atoms with Crippen LogP contribution >= 0.6 is 22.7 Å². The predicted octanol–water partition coefficient (Wildman–Crippen LogP) is 6.73. The number of aliphatic hydroxyl groups is 1. The molecule has 1 N–H and O–H groups in total. The number of ether oxygens (including phenoxy) is 2. The number of nitrogens with zero attached hydrogens (tertiary/aromatic N) is 2. The Hall–Kier alpha value is -4.47. The Kier molecular flexibility index (Phi) is 6.60. The average Bonchev–Trinajstić information content (AvgIpc) is 3.71. The molecule has 9 heteroatoms. The zero-order valence-electron chi connectivity index (χ0n) is 20.7. The van der Waals surface area contributed by atoms with Crippen LogP contribution < -0.4 is 14.4 Å².